The van der Waals surface area contributed by atoms with Crippen molar-refractivity contribution in [3.05, 3.63) is 23.8 Å². The predicted octanol–water partition coefficient (Wildman–Crippen LogP) is 0.00210. The van der Waals surface area contributed by atoms with E-state index >= 15 is 0 Å². The largest absolute Gasteiger partial charge is 0.370 e. The number of likely N-dealkylation sites (tertiary alicyclic amines) is 1. The van der Waals surface area contributed by atoms with Gasteiger partial charge in [0.25, 0.3) is 11.8 Å². The average Bonchev–Trinajstić information content (AvgIpc) is 2.76. The molecule has 0 aromatic heterocycles. The van der Waals surface area contributed by atoms with Crippen LogP contribution in [0, 0.1) is 0 Å². The van der Waals surface area contributed by atoms with Gasteiger partial charge >= 0.3 is 0 Å². The minimum Gasteiger partial charge on any atom is -0.370 e. The molecule has 33 heavy (non-hydrogen) atoms. The fourth-order valence-corrected chi connectivity index (χ4v) is 5.36. The number of carbonyl (C=O) groups excluding carboxylic acids is 3. The number of primary amides is 1. The van der Waals surface area contributed by atoms with Crippen molar-refractivity contribution < 1.29 is 36.3 Å². The van der Waals surface area contributed by atoms with Crippen molar-refractivity contribution >= 4 is 33.4 Å². The standard InChI is InChI=1S/C20H26F2N4O6S/c1-2-13-14(26-10-11-32-12-16(26)27)4-3-5-15(13)33(30,31)24-17(18(23)28)19(29)25-8-6-20(21,22)7-9-25/h3-5,17,24H,2,6-12H2,1H3,(H2,23,28)/t17-/m0/s1. The molecule has 0 spiro atoms. The number of rotatable bonds is 7. The summed E-state index contributed by atoms with van der Waals surface area (Å²) in [7, 11) is -4.45. The second-order valence-corrected chi connectivity index (χ2v) is 9.53. The highest BCUT2D eigenvalue weighted by Gasteiger charge is 2.40. The Labute approximate surface area is 190 Å². The lowest BCUT2D eigenvalue weighted by Gasteiger charge is -2.33. The molecule has 3 rings (SSSR count). The molecule has 2 aliphatic heterocycles. The summed E-state index contributed by atoms with van der Waals surface area (Å²) in [6, 6.07) is 2.38. The second kappa shape index (κ2) is 9.69. The van der Waals surface area contributed by atoms with E-state index in [0.29, 0.717) is 11.3 Å². The van der Waals surface area contributed by atoms with Crippen LogP contribution >= 0.6 is 0 Å². The summed E-state index contributed by atoms with van der Waals surface area (Å²) < 4.78 is 60.4. The van der Waals surface area contributed by atoms with Gasteiger partial charge in [0, 0.05) is 38.2 Å². The number of alkyl halides is 2. The number of nitrogens with two attached hydrogens (primary N) is 1. The van der Waals surface area contributed by atoms with E-state index in [1.165, 1.54) is 17.0 Å². The molecular weight excluding hydrogens is 462 g/mol. The summed E-state index contributed by atoms with van der Waals surface area (Å²) in [6.45, 7) is 1.44. The van der Waals surface area contributed by atoms with E-state index < -0.39 is 46.6 Å². The zero-order chi connectivity index (χ0) is 24.4. The number of piperidine rings is 1. The number of ether oxygens (including phenoxy) is 1. The molecule has 1 aromatic rings. The van der Waals surface area contributed by atoms with E-state index in [9.17, 15) is 31.6 Å². The molecule has 1 atom stereocenters. The maximum atomic E-state index is 13.4. The molecule has 2 saturated heterocycles. The summed E-state index contributed by atoms with van der Waals surface area (Å²) in [5.74, 6) is -5.49. The van der Waals surface area contributed by atoms with Gasteiger partial charge in [0.05, 0.1) is 11.5 Å². The van der Waals surface area contributed by atoms with Crippen molar-refractivity contribution in [2.24, 2.45) is 5.73 Å². The van der Waals surface area contributed by atoms with Gasteiger partial charge in [-0.2, -0.15) is 4.72 Å². The molecule has 10 nitrogen and oxygen atoms in total. The molecule has 0 bridgehead atoms. The summed E-state index contributed by atoms with van der Waals surface area (Å²) in [6.07, 6.45) is -0.952. The number of nitrogens with one attached hydrogen (secondary N) is 1. The Bertz CT molecular complexity index is 1040. The van der Waals surface area contributed by atoms with Crippen molar-refractivity contribution in [2.45, 2.75) is 43.0 Å². The molecule has 182 valence electrons. The van der Waals surface area contributed by atoms with Crippen molar-refractivity contribution in [2.75, 3.05) is 37.7 Å². The Morgan fingerprint density at radius 1 is 1.24 bits per heavy atom. The van der Waals surface area contributed by atoms with E-state index in [0.717, 1.165) is 4.90 Å². The van der Waals surface area contributed by atoms with E-state index in [1.807, 2.05) is 4.72 Å². The lowest BCUT2D eigenvalue weighted by molar-refractivity contribution is -0.142. The molecule has 0 saturated carbocycles. The van der Waals surface area contributed by atoms with Gasteiger partial charge in [-0.3, -0.25) is 14.4 Å². The molecular formula is C20H26F2N4O6S. The Hall–Kier alpha value is -2.64. The fourth-order valence-electron chi connectivity index (χ4n) is 3.87. The van der Waals surface area contributed by atoms with Crippen LogP contribution in [0.5, 0.6) is 0 Å². The Kier molecular flexibility index (Phi) is 7.34. The first-order valence-electron chi connectivity index (χ1n) is 10.4. The lowest BCUT2D eigenvalue weighted by atomic mass is 10.1. The number of hydrogen-bond acceptors (Lipinski definition) is 6. The highest BCUT2D eigenvalue weighted by atomic mass is 32.2. The van der Waals surface area contributed by atoms with Crippen molar-refractivity contribution in [3.63, 3.8) is 0 Å². The molecule has 3 N–H and O–H groups in total. The van der Waals surface area contributed by atoms with Gasteiger partial charge in [0.1, 0.15) is 6.61 Å². The minimum absolute atomic E-state index is 0.133. The highest BCUT2D eigenvalue weighted by molar-refractivity contribution is 7.89. The number of halogens is 2. The number of sulfonamides is 1. The van der Waals surface area contributed by atoms with Gasteiger partial charge in [-0.1, -0.05) is 13.0 Å². The van der Waals surface area contributed by atoms with Gasteiger partial charge in [-0.05, 0) is 24.1 Å². The summed E-state index contributed by atoms with van der Waals surface area (Å²) in [5.41, 5.74) is 5.99. The van der Waals surface area contributed by atoms with Crippen LogP contribution in [0.4, 0.5) is 14.5 Å². The van der Waals surface area contributed by atoms with E-state index in [1.54, 1.807) is 13.0 Å². The molecule has 3 amide bonds. The average molecular weight is 489 g/mol. The van der Waals surface area contributed by atoms with Crippen LogP contribution in [0.2, 0.25) is 0 Å². The number of nitrogens with zero attached hydrogens (tertiary/aromatic N) is 2. The highest BCUT2D eigenvalue weighted by Crippen LogP contribution is 2.30. The maximum Gasteiger partial charge on any atom is 0.253 e. The van der Waals surface area contributed by atoms with Crippen LogP contribution in [0.15, 0.2) is 23.1 Å². The fraction of sp³-hybridized carbons (Fsp3) is 0.550. The zero-order valence-corrected chi connectivity index (χ0v) is 18.9. The van der Waals surface area contributed by atoms with Crippen LogP contribution < -0.4 is 15.4 Å². The summed E-state index contributed by atoms with van der Waals surface area (Å²) >= 11 is 0. The number of amides is 3. The first-order chi connectivity index (χ1) is 15.5. The SMILES string of the molecule is CCc1c(N2CCOCC2=O)cccc1S(=O)(=O)N[C@@H](C(N)=O)C(=O)N1CCC(F)(F)CC1. The van der Waals surface area contributed by atoms with Crippen LogP contribution in [0.25, 0.3) is 0 Å². The molecule has 1 aromatic carbocycles. The first-order valence-corrected chi connectivity index (χ1v) is 11.9. The molecule has 2 fully saturated rings. The van der Waals surface area contributed by atoms with Gasteiger partial charge in [0.15, 0.2) is 6.04 Å². The smallest absolute Gasteiger partial charge is 0.253 e. The molecule has 2 aliphatic rings. The number of benzene rings is 1. The van der Waals surface area contributed by atoms with E-state index in [4.69, 9.17) is 10.5 Å². The second-order valence-electron chi connectivity index (χ2n) is 7.84. The van der Waals surface area contributed by atoms with Crippen LogP contribution in [0.3, 0.4) is 0 Å². The summed E-state index contributed by atoms with van der Waals surface area (Å²) in [5, 5.41) is 0. The topological polar surface area (TPSA) is 139 Å². The molecule has 2 heterocycles. The van der Waals surface area contributed by atoms with Gasteiger partial charge in [0.2, 0.25) is 21.8 Å². The van der Waals surface area contributed by atoms with Gasteiger partial charge in [-0.15, -0.1) is 0 Å². The Morgan fingerprint density at radius 3 is 2.48 bits per heavy atom. The third-order valence-electron chi connectivity index (χ3n) is 5.64. The summed E-state index contributed by atoms with van der Waals surface area (Å²) in [4.78, 5) is 39.2. The predicted molar refractivity (Wildman–Crippen MR) is 113 cm³/mol. The van der Waals surface area contributed by atoms with Crippen molar-refractivity contribution in [3.8, 4) is 0 Å². The Morgan fingerprint density at radius 2 is 1.91 bits per heavy atom. The Balaban J connectivity index is 1.89. The van der Waals surface area contributed by atoms with Gasteiger partial charge in [-0.25, -0.2) is 17.2 Å². The zero-order valence-electron chi connectivity index (χ0n) is 18.1. The number of hydrogen-bond donors (Lipinski definition) is 2. The van der Waals surface area contributed by atoms with Crippen LogP contribution in [-0.2, 0) is 35.6 Å². The van der Waals surface area contributed by atoms with E-state index in [2.05, 4.69) is 0 Å². The van der Waals surface area contributed by atoms with Crippen molar-refractivity contribution in [1.29, 1.82) is 0 Å². The quantitative estimate of drug-likeness (QED) is 0.518. The first kappa shape index (κ1) is 25.0. The van der Waals surface area contributed by atoms with Gasteiger partial charge < -0.3 is 20.3 Å². The molecule has 0 radical (unpaired) electrons. The number of morpholine rings is 1. The minimum atomic E-state index is -4.45. The van der Waals surface area contributed by atoms with Crippen LogP contribution in [0.1, 0.15) is 25.3 Å². The van der Waals surface area contributed by atoms with Crippen LogP contribution in [-0.4, -0.2) is 75.9 Å². The maximum absolute atomic E-state index is 13.4. The monoisotopic (exact) mass is 488 g/mol. The normalized spacial score (nSPS) is 19.9. The van der Waals surface area contributed by atoms with Crippen molar-refractivity contribution in [1.82, 2.24) is 9.62 Å². The molecule has 0 aliphatic carbocycles. The third kappa shape index (κ3) is 5.47. The lowest BCUT2D eigenvalue weighted by Crippen LogP contribution is -2.57. The molecule has 13 heteroatoms. The number of anilines is 1. The molecule has 0 unspecified atom stereocenters. The van der Waals surface area contributed by atoms with E-state index in [-0.39, 0.29) is 50.1 Å². The number of carbonyl (C=O) groups is 3. The third-order valence-corrected chi connectivity index (χ3v) is 7.15.